The average molecular weight is 297 g/mol. The van der Waals surface area contributed by atoms with Crippen molar-refractivity contribution in [2.24, 2.45) is 0 Å². The lowest BCUT2D eigenvalue weighted by molar-refractivity contribution is 0.0602. The zero-order valence-corrected chi connectivity index (χ0v) is 11.5. The number of nitrogens with two attached hydrogens (primary N) is 1. The standard InChI is InChI=1S/C13H10Cl2N2O2/c1-19-13(18)10-5-12(17-6-11(10)16)7-2-8(14)4-9(15)3-7/h2-6H,16H2,1H3. The third-order valence-corrected chi connectivity index (χ3v) is 2.93. The summed E-state index contributed by atoms with van der Waals surface area (Å²) in [4.78, 5) is 15.7. The fourth-order valence-electron chi connectivity index (χ4n) is 1.61. The minimum atomic E-state index is -0.519. The summed E-state index contributed by atoms with van der Waals surface area (Å²) in [6.45, 7) is 0. The van der Waals surface area contributed by atoms with Gasteiger partial charge in [-0.05, 0) is 24.3 Å². The number of aromatic nitrogens is 1. The summed E-state index contributed by atoms with van der Waals surface area (Å²) in [6, 6.07) is 6.56. The van der Waals surface area contributed by atoms with Gasteiger partial charge in [0.15, 0.2) is 0 Å². The van der Waals surface area contributed by atoms with E-state index in [1.807, 2.05) is 0 Å². The molecule has 1 aromatic carbocycles. The Morgan fingerprint density at radius 1 is 1.21 bits per heavy atom. The molecule has 0 atom stereocenters. The summed E-state index contributed by atoms with van der Waals surface area (Å²) < 4.78 is 4.66. The molecule has 0 amide bonds. The van der Waals surface area contributed by atoms with Crippen molar-refractivity contribution in [3.63, 3.8) is 0 Å². The number of pyridine rings is 1. The van der Waals surface area contributed by atoms with Gasteiger partial charge in [-0.3, -0.25) is 4.98 Å². The van der Waals surface area contributed by atoms with E-state index in [2.05, 4.69) is 9.72 Å². The lowest BCUT2D eigenvalue weighted by Crippen LogP contribution is -2.06. The van der Waals surface area contributed by atoms with E-state index in [1.54, 1.807) is 24.3 Å². The molecule has 0 aliphatic carbocycles. The van der Waals surface area contributed by atoms with Crippen molar-refractivity contribution in [3.05, 3.63) is 46.1 Å². The van der Waals surface area contributed by atoms with Crippen LogP contribution in [0, 0.1) is 0 Å². The summed E-state index contributed by atoms with van der Waals surface area (Å²) in [5, 5.41) is 0.974. The fourth-order valence-corrected chi connectivity index (χ4v) is 2.14. The van der Waals surface area contributed by atoms with Crippen LogP contribution in [-0.2, 0) is 4.74 Å². The predicted molar refractivity (Wildman–Crippen MR) is 75.4 cm³/mol. The van der Waals surface area contributed by atoms with Gasteiger partial charge in [0.2, 0.25) is 0 Å². The number of esters is 1. The average Bonchev–Trinajstić information content (AvgIpc) is 2.37. The molecule has 4 nitrogen and oxygen atoms in total. The Morgan fingerprint density at radius 3 is 2.42 bits per heavy atom. The van der Waals surface area contributed by atoms with Gasteiger partial charge < -0.3 is 10.5 Å². The van der Waals surface area contributed by atoms with Gasteiger partial charge in [0, 0.05) is 15.6 Å². The number of nitrogen functional groups attached to an aromatic ring is 1. The number of hydrogen-bond donors (Lipinski definition) is 1. The van der Waals surface area contributed by atoms with Crippen LogP contribution in [0.3, 0.4) is 0 Å². The van der Waals surface area contributed by atoms with Gasteiger partial charge in [-0.2, -0.15) is 0 Å². The quantitative estimate of drug-likeness (QED) is 0.862. The smallest absolute Gasteiger partial charge is 0.340 e. The highest BCUT2D eigenvalue weighted by Gasteiger charge is 2.13. The molecule has 0 aliphatic rings. The van der Waals surface area contributed by atoms with Gasteiger partial charge in [0.05, 0.1) is 30.3 Å². The highest BCUT2D eigenvalue weighted by molar-refractivity contribution is 6.35. The molecule has 0 radical (unpaired) electrons. The number of anilines is 1. The maximum atomic E-state index is 11.6. The summed E-state index contributed by atoms with van der Waals surface area (Å²) in [5.74, 6) is -0.519. The number of carbonyl (C=O) groups is 1. The van der Waals surface area contributed by atoms with E-state index < -0.39 is 5.97 Å². The number of hydrogen-bond acceptors (Lipinski definition) is 4. The molecule has 6 heteroatoms. The molecule has 2 N–H and O–H groups in total. The number of methoxy groups -OCH3 is 1. The van der Waals surface area contributed by atoms with Crippen LogP contribution in [-0.4, -0.2) is 18.1 Å². The lowest BCUT2D eigenvalue weighted by Gasteiger charge is -2.07. The van der Waals surface area contributed by atoms with E-state index in [4.69, 9.17) is 28.9 Å². The van der Waals surface area contributed by atoms with Crippen LogP contribution >= 0.6 is 23.2 Å². The Bertz CT molecular complexity index is 624. The molecule has 19 heavy (non-hydrogen) atoms. The second kappa shape index (κ2) is 5.47. The molecule has 0 fully saturated rings. The molecule has 0 aliphatic heterocycles. The number of benzene rings is 1. The van der Waals surface area contributed by atoms with Gasteiger partial charge in [0.1, 0.15) is 0 Å². The van der Waals surface area contributed by atoms with Gasteiger partial charge in [-0.15, -0.1) is 0 Å². The van der Waals surface area contributed by atoms with E-state index in [0.717, 1.165) is 0 Å². The molecule has 98 valence electrons. The zero-order chi connectivity index (χ0) is 14.0. The van der Waals surface area contributed by atoms with Gasteiger partial charge in [-0.1, -0.05) is 23.2 Å². The summed E-state index contributed by atoms with van der Waals surface area (Å²) in [6.07, 6.45) is 1.40. The Labute approximate surface area is 120 Å². The molecule has 1 aromatic heterocycles. The summed E-state index contributed by atoms with van der Waals surface area (Å²) in [5.41, 5.74) is 7.43. The number of halogens is 2. The highest BCUT2D eigenvalue weighted by Crippen LogP contribution is 2.27. The minimum absolute atomic E-state index is 0.253. The number of rotatable bonds is 2. The number of carbonyl (C=O) groups excluding carboxylic acids is 1. The number of nitrogens with zero attached hydrogens (tertiary/aromatic N) is 1. The third-order valence-electron chi connectivity index (χ3n) is 2.50. The van der Waals surface area contributed by atoms with Crippen molar-refractivity contribution in [1.29, 1.82) is 0 Å². The molecular formula is C13H10Cl2N2O2. The topological polar surface area (TPSA) is 65.2 Å². The van der Waals surface area contributed by atoms with Crippen LogP contribution in [0.15, 0.2) is 30.5 Å². The van der Waals surface area contributed by atoms with Crippen molar-refractivity contribution in [1.82, 2.24) is 4.98 Å². The second-order valence-corrected chi connectivity index (χ2v) is 4.68. The van der Waals surface area contributed by atoms with Crippen molar-refractivity contribution in [3.8, 4) is 11.3 Å². The highest BCUT2D eigenvalue weighted by atomic mass is 35.5. The molecule has 0 unspecified atom stereocenters. The van der Waals surface area contributed by atoms with Gasteiger partial charge >= 0.3 is 5.97 Å². The van der Waals surface area contributed by atoms with Crippen molar-refractivity contribution in [2.75, 3.05) is 12.8 Å². The van der Waals surface area contributed by atoms with Crippen LogP contribution in [0.25, 0.3) is 11.3 Å². The molecule has 1 heterocycles. The lowest BCUT2D eigenvalue weighted by atomic mass is 10.1. The first-order valence-electron chi connectivity index (χ1n) is 5.31. The zero-order valence-electron chi connectivity index (χ0n) is 9.98. The van der Waals surface area contributed by atoms with Crippen LogP contribution < -0.4 is 5.73 Å². The third kappa shape index (κ3) is 2.97. The first kappa shape index (κ1) is 13.6. The van der Waals surface area contributed by atoms with Crippen molar-refractivity contribution < 1.29 is 9.53 Å². The molecule has 0 saturated heterocycles. The van der Waals surface area contributed by atoms with E-state index in [9.17, 15) is 4.79 Å². The maximum absolute atomic E-state index is 11.6. The van der Waals surface area contributed by atoms with E-state index >= 15 is 0 Å². The monoisotopic (exact) mass is 296 g/mol. The summed E-state index contributed by atoms with van der Waals surface area (Å²) >= 11 is 11.9. The Kier molecular flexibility index (Phi) is 3.93. The minimum Gasteiger partial charge on any atom is -0.465 e. The first-order valence-corrected chi connectivity index (χ1v) is 6.07. The van der Waals surface area contributed by atoms with E-state index in [0.29, 0.717) is 21.3 Å². The van der Waals surface area contributed by atoms with Crippen LogP contribution in [0.1, 0.15) is 10.4 Å². The van der Waals surface area contributed by atoms with Crippen LogP contribution in [0.4, 0.5) is 5.69 Å². The van der Waals surface area contributed by atoms with Gasteiger partial charge in [-0.25, -0.2) is 4.79 Å². The molecule has 0 saturated carbocycles. The number of ether oxygens (including phenoxy) is 1. The van der Waals surface area contributed by atoms with Crippen molar-refractivity contribution in [2.45, 2.75) is 0 Å². The van der Waals surface area contributed by atoms with Crippen LogP contribution in [0.2, 0.25) is 10.0 Å². The summed E-state index contributed by atoms with van der Waals surface area (Å²) in [7, 11) is 1.29. The van der Waals surface area contributed by atoms with Gasteiger partial charge in [0.25, 0.3) is 0 Å². The van der Waals surface area contributed by atoms with E-state index in [-0.39, 0.29) is 11.3 Å². The Balaban J connectivity index is 2.54. The first-order chi connectivity index (χ1) is 9.01. The molecule has 0 spiro atoms. The van der Waals surface area contributed by atoms with Crippen molar-refractivity contribution >= 4 is 34.9 Å². The Morgan fingerprint density at radius 2 is 1.84 bits per heavy atom. The maximum Gasteiger partial charge on any atom is 0.340 e. The molecular weight excluding hydrogens is 287 g/mol. The predicted octanol–water partition coefficient (Wildman–Crippen LogP) is 3.42. The Hall–Kier alpha value is -1.78. The SMILES string of the molecule is COC(=O)c1cc(-c2cc(Cl)cc(Cl)c2)ncc1N. The fraction of sp³-hybridized carbons (Fsp3) is 0.0769. The second-order valence-electron chi connectivity index (χ2n) is 3.81. The molecule has 2 aromatic rings. The largest absolute Gasteiger partial charge is 0.465 e. The van der Waals surface area contributed by atoms with Crippen LogP contribution in [0.5, 0.6) is 0 Å². The normalized spacial score (nSPS) is 10.3. The molecule has 2 rings (SSSR count). The van der Waals surface area contributed by atoms with E-state index in [1.165, 1.54) is 13.3 Å². The molecule has 0 bridgehead atoms.